The number of allylic oxidation sites excluding steroid dienone is 2. The van der Waals surface area contributed by atoms with E-state index in [0.717, 1.165) is 96.3 Å². The topological polar surface area (TPSA) is 83.8 Å². The Kier molecular flexibility index (Phi) is 32.0. The number of carbonyl (C=O) groups is 2. The monoisotopic (exact) mass is 607 g/mol. The van der Waals surface area contributed by atoms with Crippen molar-refractivity contribution in [2.45, 2.75) is 206 Å². The van der Waals surface area contributed by atoms with Gasteiger partial charge in [0.05, 0.1) is 6.10 Å². The average molecular weight is 607 g/mol. The second kappa shape index (κ2) is 33.3. The average Bonchev–Trinajstić information content (AvgIpc) is 2.98. The van der Waals surface area contributed by atoms with Crippen molar-refractivity contribution < 1.29 is 24.5 Å². The maximum atomic E-state index is 12.5. The van der Waals surface area contributed by atoms with Crippen LogP contribution in [0, 0.1) is 0 Å². The Balaban J connectivity index is 3.90. The van der Waals surface area contributed by atoms with Crippen LogP contribution < -0.4 is 0 Å². The van der Waals surface area contributed by atoms with Gasteiger partial charge < -0.3 is 14.9 Å². The summed E-state index contributed by atoms with van der Waals surface area (Å²) in [5.41, 5.74) is 0. The number of carboxylic acids is 1. The summed E-state index contributed by atoms with van der Waals surface area (Å²) in [6, 6.07) is 0. The van der Waals surface area contributed by atoms with Crippen molar-refractivity contribution in [3.63, 3.8) is 0 Å². The molecule has 0 aromatic carbocycles. The quantitative estimate of drug-likeness (QED) is 0.0441. The molecule has 1 unspecified atom stereocenters. The maximum absolute atomic E-state index is 12.5. The van der Waals surface area contributed by atoms with Crippen LogP contribution in [0.2, 0.25) is 0 Å². The van der Waals surface area contributed by atoms with Gasteiger partial charge in [-0.2, -0.15) is 0 Å². The van der Waals surface area contributed by atoms with Gasteiger partial charge in [-0.3, -0.25) is 9.59 Å². The van der Waals surface area contributed by atoms with Crippen LogP contribution in [0.5, 0.6) is 0 Å². The molecule has 0 aromatic rings. The van der Waals surface area contributed by atoms with Crippen molar-refractivity contribution in [1.82, 2.24) is 0 Å². The lowest BCUT2D eigenvalue weighted by atomic mass is 10.0. The minimum Gasteiger partial charge on any atom is -0.481 e. The number of carboxylic acid groups (broad SMARTS) is 1. The number of aliphatic carboxylic acids is 1. The molecule has 0 aliphatic heterocycles. The lowest BCUT2D eigenvalue weighted by molar-refractivity contribution is -0.149. The van der Waals surface area contributed by atoms with Crippen molar-refractivity contribution in [3.8, 4) is 0 Å². The number of ether oxygens (including phenoxy) is 1. The van der Waals surface area contributed by atoms with Crippen LogP contribution >= 0.6 is 0 Å². The largest absolute Gasteiger partial charge is 0.481 e. The van der Waals surface area contributed by atoms with Gasteiger partial charge >= 0.3 is 11.9 Å². The third-order valence-corrected chi connectivity index (χ3v) is 8.22. The highest BCUT2D eigenvalue weighted by Gasteiger charge is 2.13. The Morgan fingerprint density at radius 2 is 1.02 bits per heavy atom. The molecule has 5 nitrogen and oxygen atoms in total. The fourth-order valence-corrected chi connectivity index (χ4v) is 5.41. The fraction of sp³-hybridized carbons (Fsp3) is 0.842. The summed E-state index contributed by atoms with van der Waals surface area (Å²) in [4.78, 5) is 23.1. The smallest absolute Gasteiger partial charge is 0.306 e. The van der Waals surface area contributed by atoms with Gasteiger partial charge in [-0.1, -0.05) is 134 Å². The summed E-state index contributed by atoms with van der Waals surface area (Å²) in [5, 5.41) is 18.7. The van der Waals surface area contributed by atoms with Crippen molar-refractivity contribution >= 4 is 11.9 Å². The van der Waals surface area contributed by atoms with E-state index >= 15 is 0 Å². The van der Waals surface area contributed by atoms with Crippen LogP contribution in [0.1, 0.15) is 194 Å². The number of rotatable bonds is 33. The highest BCUT2D eigenvalue weighted by atomic mass is 16.5. The molecule has 0 fully saturated rings. The summed E-state index contributed by atoms with van der Waals surface area (Å²) in [7, 11) is 0. The number of hydrogen-bond donors (Lipinski definition) is 2. The van der Waals surface area contributed by atoms with Gasteiger partial charge in [0.15, 0.2) is 0 Å². The number of hydrogen-bond acceptors (Lipinski definition) is 4. The van der Waals surface area contributed by atoms with E-state index < -0.39 is 5.97 Å². The molecule has 0 saturated carbocycles. The minimum absolute atomic E-state index is 0.000247. The summed E-state index contributed by atoms with van der Waals surface area (Å²) in [6.07, 6.45) is 38.1. The Labute approximate surface area is 266 Å². The van der Waals surface area contributed by atoms with Crippen LogP contribution in [0.15, 0.2) is 24.3 Å². The Morgan fingerprint density at radius 1 is 0.558 bits per heavy atom. The molecule has 0 saturated heterocycles. The zero-order valence-corrected chi connectivity index (χ0v) is 28.4. The lowest BCUT2D eigenvalue weighted by Crippen LogP contribution is -2.17. The van der Waals surface area contributed by atoms with Crippen LogP contribution in [0.25, 0.3) is 0 Å². The zero-order chi connectivity index (χ0) is 31.6. The molecule has 5 heteroatoms. The van der Waals surface area contributed by atoms with Crippen LogP contribution in [-0.2, 0) is 14.3 Å². The van der Waals surface area contributed by atoms with Gasteiger partial charge in [0.25, 0.3) is 0 Å². The van der Waals surface area contributed by atoms with Crippen LogP contribution in [-0.4, -0.2) is 34.4 Å². The molecule has 0 aliphatic carbocycles. The summed E-state index contributed by atoms with van der Waals surface area (Å²) < 4.78 is 5.90. The van der Waals surface area contributed by atoms with E-state index in [2.05, 4.69) is 38.2 Å². The Hall–Kier alpha value is -1.62. The first kappa shape index (κ1) is 41.4. The van der Waals surface area contributed by atoms with Gasteiger partial charge in [0.1, 0.15) is 6.10 Å². The number of carbonyl (C=O) groups excluding carboxylic acids is 1. The SMILES string of the molecule is CCCCCCC(O)CC=CCCCCCCCCCC(=O)O[C@@H](C/C=C\CCCCCCCC(=O)O)CCCCCC. The minimum atomic E-state index is -0.699. The third kappa shape index (κ3) is 33.1. The highest BCUT2D eigenvalue weighted by molar-refractivity contribution is 5.69. The first-order valence-electron chi connectivity index (χ1n) is 18.4. The highest BCUT2D eigenvalue weighted by Crippen LogP contribution is 2.16. The number of aliphatic hydroxyl groups is 1. The lowest BCUT2D eigenvalue weighted by Gasteiger charge is -2.16. The third-order valence-electron chi connectivity index (χ3n) is 8.22. The van der Waals surface area contributed by atoms with Gasteiger partial charge in [0.2, 0.25) is 0 Å². The molecule has 2 N–H and O–H groups in total. The van der Waals surface area contributed by atoms with Crippen LogP contribution in [0.3, 0.4) is 0 Å². The van der Waals surface area contributed by atoms with Crippen LogP contribution in [0.4, 0.5) is 0 Å². The molecule has 0 heterocycles. The number of unbranched alkanes of at least 4 members (excludes halogenated alkanes) is 18. The second-order valence-electron chi connectivity index (χ2n) is 12.6. The first-order valence-corrected chi connectivity index (χ1v) is 18.4. The molecular weight excluding hydrogens is 536 g/mol. The van der Waals surface area contributed by atoms with Crippen molar-refractivity contribution in [3.05, 3.63) is 24.3 Å². The summed E-state index contributed by atoms with van der Waals surface area (Å²) in [6.45, 7) is 4.43. The van der Waals surface area contributed by atoms with E-state index in [0.29, 0.717) is 6.42 Å². The van der Waals surface area contributed by atoms with Crippen molar-refractivity contribution in [2.24, 2.45) is 0 Å². The summed E-state index contributed by atoms with van der Waals surface area (Å²) in [5.74, 6) is -0.733. The van der Waals surface area contributed by atoms with E-state index in [1.807, 2.05) is 0 Å². The predicted octanol–water partition coefficient (Wildman–Crippen LogP) is 11.4. The predicted molar refractivity (Wildman–Crippen MR) is 182 cm³/mol. The molecule has 0 bridgehead atoms. The van der Waals surface area contributed by atoms with E-state index in [1.54, 1.807) is 0 Å². The van der Waals surface area contributed by atoms with E-state index in [4.69, 9.17) is 9.84 Å². The standard InChI is InChI=1S/C38H70O5/c1-3-5-7-23-29-35(39)30-24-19-15-11-9-10-12-18-22-28-34-38(42)43-36(31-25-8-6-4-2)32-26-20-16-13-14-17-21-27-33-37(40)41/h19-20,24,26,35-36,39H,3-18,21-23,25,27-34H2,1-2H3,(H,40,41)/b24-19?,26-20-/t35?,36-/m1/s1. The molecule has 0 aliphatic rings. The maximum Gasteiger partial charge on any atom is 0.306 e. The second-order valence-corrected chi connectivity index (χ2v) is 12.6. The molecule has 0 rings (SSSR count). The molecule has 2 atom stereocenters. The molecule has 252 valence electrons. The van der Waals surface area contributed by atoms with E-state index in [9.17, 15) is 14.7 Å². The summed E-state index contributed by atoms with van der Waals surface area (Å²) >= 11 is 0. The molecule has 0 spiro atoms. The van der Waals surface area contributed by atoms with E-state index in [-0.39, 0.29) is 24.6 Å². The Morgan fingerprint density at radius 3 is 1.58 bits per heavy atom. The fourth-order valence-electron chi connectivity index (χ4n) is 5.41. The van der Waals surface area contributed by atoms with Gasteiger partial charge in [-0.25, -0.2) is 0 Å². The van der Waals surface area contributed by atoms with Crippen molar-refractivity contribution in [1.29, 1.82) is 0 Å². The molecule has 0 amide bonds. The Bertz CT molecular complexity index is 671. The molecule has 43 heavy (non-hydrogen) atoms. The van der Waals surface area contributed by atoms with Crippen molar-refractivity contribution in [2.75, 3.05) is 0 Å². The zero-order valence-electron chi connectivity index (χ0n) is 28.4. The molecule has 0 aromatic heterocycles. The number of aliphatic hydroxyl groups excluding tert-OH is 1. The number of esters is 1. The van der Waals surface area contributed by atoms with E-state index in [1.165, 1.54) is 70.6 Å². The first-order chi connectivity index (χ1) is 21.0. The van der Waals surface area contributed by atoms with Gasteiger partial charge in [-0.05, 0) is 64.2 Å². The normalized spacial score (nSPS) is 13.2. The van der Waals surface area contributed by atoms with Gasteiger partial charge in [-0.15, -0.1) is 0 Å². The molecular formula is C38H70O5. The molecule has 0 radical (unpaired) electrons. The van der Waals surface area contributed by atoms with Gasteiger partial charge in [0, 0.05) is 19.3 Å².